The molecule has 15 heavy (non-hydrogen) atoms. The first-order valence-electron chi connectivity index (χ1n) is 6.13. The fourth-order valence-corrected chi connectivity index (χ4v) is 4.27. The molecule has 0 aromatic heterocycles. The van der Waals surface area contributed by atoms with Crippen LogP contribution in [0.4, 0.5) is 0 Å². The van der Waals surface area contributed by atoms with E-state index >= 15 is 0 Å². The summed E-state index contributed by atoms with van der Waals surface area (Å²) in [5.74, 6) is 2.65. The highest BCUT2D eigenvalue weighted by molar-refractivity contribution is 5.35. The third-order valence-corrected chi connectivity index (χ3v) is 5.03. The van der Waals surface area contributed by atoms with Crippen molar-refractivity contribution < 1.29 is 0 Å². The molecule has 4 rings (SSSR count). The van der Waals surface area contributed by atoms with E-state index in [9.17, 15) is 0 Å². The Labute approximate surface area is 91.0 Å². The molecule has 0 N–H and O–H groups in total. The summed E-state index contributed by atoms with van der Waals surface area (Å²) in [5, 5.41) is 0. The van der Waals surface area contributed by atoms with Gasteiger partial charge in [-0.2, -0.15) is 0 Å². The average molecular weight is 196 g/mol. The predicted molar refractivity (Wildman–Crippen MR) is 61.6 cm³/mol. The summed E-state index contributed by atoms with van der Waals surface area (Å²) in [7, 11) is 0. The maximum Gasteiger partial charge on any atom is -0.00621 e. The van der Waals surface area contributed by atoms with E-state index in [-0.39, 0.29) is 0 Å². The molecular formula is C15H16. The Kier molecular flexibility index (Phi) is 1.39. The Hall–Kier alpha value is -1.04. The minimum atomic E-state index is 0.644. The summed E-state index contributed by atoms with van der Waals surface area (Å²) in [5.41, 5.74) is 2.23. The van der Waals surface area contributed by atoms with Gasteiger partial charge in [0.1, 0.15) is 0 Å². The van der Waals surface area contributed by atoms with E-state index in [1.54, 1.807) is 5.56 Å². The number of fused-ring (bicyclic) bond motifs is 1. The molecule has 0 saturated heterocycles. The molecule has 4 atom stereocenters. The van der Waals surface area contributed by atoms with Crippen LogP contribution >= 0.6 is 0 Å². The molecule has 0 amide bonds. The number of rotatable bonds is 1. The van der Waals surface area contributed by atoms with E-state index in [0.717, 1.165) is 17.8 Å². The molecule has 3 aliphatic rings. The Balaban J connectivity index is 1.78. The van der Waals surface area contributed by atoms with E-state index in [4.69, 9.17) is 0 Å². The van der Waals surface area contributed by atoms with Crippen LogP contribution in [-0.2, 0) is 0 Å². The summed E-state index contributed by atoms with van der Waals surface area (Å²) in [6, 6.07) is 11.2. The largest absolute Gasteiger partial charge is 0.0842 e. The van der Waals surface area contributed by atoms with Crippen molar-refractivity contribution in [2.24, 2.45) is 17.3 Å². The SMILES string of the molecule is C1=CC23CCC2C(c2ccccc2)C1C3. The maximum atomic E-state index is 2.53. The van der Waals surface area contributed by atoms with Gasteiger partial charge in [-0.05, 0) is 48.0 Å². The molecule has 1 aromatic rings. The third kappa shape index (κ3) is 0.884. The first-order chi connectivity index (χ1) is 7.39. The van der Waals surface area contributed by atoms with Gasteiger partial charge in [0.15, 0.2) is 0 Å². The Morgan fingerprint density at radius 3 is 2.67 bits per heavy atom. The molecule has 1 aromatic carbocycles. The van der Waals surface area contributed by atoms with E-state index in [1.165, 1.54) is 19.3 Å². The molecule has 0 radical (unpaired) electrons. The van der Waals surface area contributed by atoms with Gasteiger partial charge in [0.2, 0.25) is 0 Å². The van der Waals surface area contributed by atoms with Crippen LogP contribution in [0.1, 0.15) is 30.7 Å². The van der Waals surface area contributed by atoms with Crippen molar-refractivity contribution in [3.63, 3.8) is 0 Å². The summed E-state index contributed by atoms with van der Waals surface area (Å²) in [4.78, 5) is 0. The van der Waals surface area contributed by atoms with Gasteiger partial charge in [0, 0.05) is 0 Å². The molecule has 1 spiro atoms. The van der Waals surface area contributed by atoms with Crippen molar-refractivity contribution in [1.82, 2.24) is 0 Å². The first kappa shape index (κ1) is 8.15. The average Bonchev–Trinajstić information content (AvgIpc) is 2.78. The monoisotopic (exact) mass is 196 g/mol. The first-order valence-corrected chi connectivity index (χ1v) is 6.13. The molecule has 2 saturated carbocycles. The molecule has 3 aliphatic carbocycles. The van der Waals surface area contributed by atoms with Crippen molar-refractivity contribution >= 4 is 0 Å². The van der Waals surface area contributed by atoms with Gasteiger partial charge in [-0.3, -0.25) is 0 Å². The molecule has 0 aliphatic heterocycles. The van der Waals surface area contributed by atoms with Crippen LogP contribution in [0.15, 0.2) is 42.5 Å². The molecule has 0 heterocycles. The molecule has 2 bridgehead atoms. The van der Waals surface area contributed by atoms with Crippen molar-refractivity contribution in [3.8, 4) is 0 Å². The van der Waals surface area contributed by atoms with Crippen LogP contribution in [0.25, 0.3) is 0 Å². The number of hydrogen-bond acceptors (Lipinski definition) is 0. The molecular weight excluding hydrogens is 180 g/mol. The van der Waals surface area contributed by atoms with Crippen LogP contribution in [0, 0.1) is 17.3 Å². The molecule has 0 nitrogen and oxygen atoms in total. The second-order valence-electron chi connectivity index (χ2n) is 5.54. The second-order valence-corrected chi connectivity index (χ2v) is 5.54. The predicted octanol–water partition coefficient (Wildman–Crippen LogP) is 3.76. The van der Waals surface area contributed by atoms with Crippen LogP contribution in [0.5, 0.6) is 0 Å². The number of hydrogen-bond donors (Lipinski definition) is 0. The van der Waals surface area contributed by atoms with E-state index in [1.807, 2.05) is 0 Å². The quantitative estimate of drug-likeness (QED) is 0.600. The van der Waals surface area contributed by atoms with Crippen LogP contribution in [-0.4, -0.2) is 0 Å². The van der Waals surface area contributed by atoms with Gasteiger partial charge in [-0.25, -0.2) is 0 Å². The fourth-order valence-electron chi connectivity index (χ4n) is 4.27. The fraction of sp³-hybridized carbons (Fsp3) is 0.467. The lowest BCUT2D eigenvalue weighted by atomic mass is 9.58. The van der Waals surface area contributed by atoms with Crippen molar-refractivity contribution in [2.75, 3.05) is 0 Å². The normalized spacial score (nSPS) is 45.2. The van der Waals surface area contributed by atoms with Gasteiger partial charge in [-0.1, -0.05) is 42.5 Å². The van der Waals surface area contributed by atoms with E-state index in [2.05, 4.69) is 42.5 Å². The Morgan fingerprint density at radius 2 is 2.00 bits per heavy atom. The number of benzene rings is 1. The van der Waals surface area contributed by atoms with Crippen molar-refractivity contribution in [3.05, 3.63) is 48.0 Å². The zero-order valence-corrected chi connectivity index (χ0v) is 8.89. The zero-order chi connectivity index (χ0) is 9.88. The lowest BCUT2D eigenvalue weighted by Crippen LogP contribution is -2.36. The molecule has 76 valence electrons. The van der Waals surface area contributed by atoms with Gasteiger partial charge in [0.05, 0.1) is 0 Å². The Bertz CT molecular complexity index is 417. The van der Waals surface area contributed by atoms with Gasteiger partial charge in [-0.15, -0.1) is 0 Å². The van der Waals surface area contributed by atoms with Gasteiger partial charge < -0.3 is 0 Å². The summed E-state index contributed by atoms with van der Waals surface area (Å²) >= 11 is 0. The van der Waals surface area contributed by atoms with Gasteiger partial charge in [0.25, 0.3) is 0 Å². The highest BCUT2D eigenvalue weighted by Crippen LogP contribution is 2.69. The summed E-state index contributed by atoms with van der Waals surface area (Å²) in [6.45, 7) is 0. The minimum absolute atomic E-state index is 0.644. The summed E-state index contributed by atoms with van der Waals surface area (Å²) in [6.07, 6.45) is 9.38. The third-order valence-electron chi connectivity index (χ3n) is 5.03. The summed E-state index contributed by atoms with van der Waals surface area (Å²) < 4.78 is 0. The standard InChI is InChI=1S/C15H16/c1-2-4-11(5-3-1)14-12-6-8-15(10-12)9-7-13(14)15/h1-6,8,12-14H,7,9-10H2. The molecule has 4 unspecified atom stereocenters. The number of allylic oxidation sites excluding steroid dienone is 2. The van der Waals surface area contributed by atoms with Crippen LogP contribution < -0.4 is 0 Å². The second kappa shape index (κ2) is 2.55. The lowest BCUT2D eigenvalue weighted by Gasteiger charge is -2.46. The van der Waals surface area contributed by atoms with Crippen LogP contribution in [0.3, 0.4) is 0 Å². The smallest absolute Gasteiger partial charge is 0.00621 e. The maximum absolute atomic E-state index is 2.53. The van der Waals surface area contributed by atoms with E-state index < -0.39 is 0 Å². The Morgan fingerprint density at radius 1 is 1.13 bits per heavy atom. The van der Waals surface area contributed by atoms with Crippen molar-refractivity contribution in [1.29, 1.82) is 0 Å². The highest BCUT2D eigenvalue weighted by atomic mass is 14.6. The van der Waals surface area contributed by atoms with Gasteiger partial charge >= 0.3 is 0 Å². The minimum Gasteiger partial charge on any atom is -0.0842 e. The van der Waals surface area contributed by atoms with Crippen molar-refractivity contribution in [2.45, 2.75) is 25.2 Å². The lowest BCUT2D eigenvalue weighted by molar-refractivity contribution is 0.111. The topological polar surface area (TPSA) is 0 Å². The van der Waals surface area contributed by atoms with E-state index in [0.29, 0.717) is 5.41 Å². The zero-order valence-electron chi connectivity index (χ0n) is 8.89. The highest BCUT2D eigenvalue weighted by Gasteiger charge is 2.59. The molecule has 0 heteroatoms. The molecule has 2 fully saturated rings. The van der Waals surface area contributed by atoms with Crippen LogP contribution in [0.2, 0.25) is 0 Å².